The second kappa shape index (κ2) is 2.91. The number of carbonyl (C=O) groups is 1. The second-order valence-electron chi connectivity index (χ2n) is 1.21. The number of carboxylic acid groups (broad SMARTS) is 1. The minimum atomic E-state index is -3.22. The fraction of sp³-hybridized carbons (Fsp3) is 0.250. The van der Waals surface area contributed by atoms with Crippen molar-refractivity contribution in [2.75, 3.05) is 0 Å². The molecule has 2 nitrogen and oxygen atoms in total. The van der Waals surface area contributed by atoms with Crippen LogP contribution in [0.25, 0.3) is 0 Å². The van der Waals surface area contributed by atoms with Gasteiger partial charge in [-0.15, -0.1) is 0 Å². The molecular weight excluding hydrogens is 198 g/mol. The van der Waals surface area contributed by atoms with Gasteiger partial charge in [0.05, 0.1) is 0 Å². The smallest absolute Gasteiger partial charge is 0.328 e. The molecule has 0 heterocycles. The van der Waals surface area contributed by atoms with Gasteiger partial charge in [0.25, 0.3) is 0 Å². The molecule has 0 radical (unpaired) electrons. The van der Waals surface area contributed by atoms with Gasteiger partial charge in [-0.25, -0.2) is 4.79 Å². The lowest BCUT2D eigenvalue weighted by molar-refractivity contribution is -0.131. The van der Waals surface area contributed by atoms with Crippen LogP contribution in [0.3, 0.4) is 0 Å². The molecule has 0 spiro atoms. The highest BCUT2D eigenvalue weighted by Crippen LogP contribution is 2.22. The summed E-state index contributed by atoms with van der Waals surface area (Å²) in [5, 5.41) is 7.84. The molecule has 0 fully saturated rings. The van der Waals surface area contributed by atoms with Gasteiger partial charge in [0.1, 0.15) is 0 Å². The summed E-state index contributed by atoms with van der Waals surface area (Å²) in [4.78, 5) is 6.39. The molecule has 0 bridgehead atoms. The molecule has 0 aromatic carbocycles. The van der Waals surface area contributed by atoms with Gasteiger partial charge < -0.3 is 5.11 Å². The standard InChI is InChI=1S/C4H3BrF2O2/c5-4(6,7)2-1-3(8)9/h1-2H,(H,8,9). The summed E-state index contributed by atoms with van der Waals surface area (Å²) in [5.41, 5.74) is 0. The Morgan fingerprint density at radius 3 is 2.22 bits per heavy atom. The molecule has 0 aromatic heterocycles. The van der Waals surface area contributed by atoms with E-state index in [9.17, 15) is 13.6 Å². The largest absolute Gasteiger partial charge is 0.478 e. The zero-order valence-corrected chi connectivity index (χ0v) is 5.73. The van der Waals surface area contributed by atoms with Crippen molar-refractivity contribution >= 4 is 21.9 Å². The van der Waals surface area contributed by atoms with E-state index >= 15 is 0 Å². The lowest BCUT2D eigenvalue weighted by Crippen LogP contribution is -1.99. The molecule has 0 saturated carbocycles. The third-order valence-corrected chi connectivity index (χ3v) is 0.679. The number of hydrogen-bond donors (Lipinski definition) is 1. The van der Waals surface area contributed by atoms with Crippen LogP contribution in [-0.2, 0) is 4.79 Å². The zero-order valence-electron chi connectivity index (χ0n) is 4.14. The van der Waals surface area contributed by atoms with Crippen molar-refractivity contribution in [2.45, 2.75) is 4.83 Å². The zero-order chi connectivity index (χ0) is 7.49. The van der Waals surface area contributed by atoms with Crippen LogP contribution >= 0.6 is 15.9 Å². The highest BCUT2D eigenvalue weighted by molar-refractivity contribution is 9.10. The Labute approximate surface area is 58.3 Å². The van der Waals surface area contributed by atoms with E-state index in [2.05, 4.69) is 0 Å². The lowest BCUT2D eigenvalue weighted by Gasteiger charge is -1.96. The maximum absolute atomic E-state index is 11.6. The average molecular weight is 201 g/mol. The van der Waals surface area contributed by atoms with Crippen LogP contribution < -0.4 is 0 Å². The van der Waals surface area contributed by atoms with Crippen LogP contribution in [0.15, 0.2) is 12.2 Å². The summed E-state index contributed by atoms with van der Waals surface area (Å²) in [6, 6.07) is 0. The lowest BCUT2D eigenvalue weighted by atomic mass is 10.5. The minimum absolute atomic E-state index is 0.245. The monoisotopic (exact) mass is 200 g/mol. The van der Waals surface area contributed by atoms with Crippen LogP contribution in [0.4, 0.5) is 8.78 Å². The molecule has 0 aliphatic rings. The fourth-order valence-electron chi connectivity index (χ4n) is 0.166. The number of rotatable bonds is 2. The minimum Gasteiger partial charge on any atom is -0.478 e. The fourth-order valence-corrected chi connectivity index (χ4v) is 0.298. The van der Waals surface area contributed by atoms with Crippen LogP contribution in [0, 0.1) is 0 Å². The Morgan fingerprint density at radius 1 is 1.67 bits per heavy atom. The first kappa shape index (κ1) is 8.55. The second-order valence-corrected chi connectivity index (χ2v) is 2.27. The highest BCUT2D eigenvalue weighted by Gasteiger charge is 2.18. The molecule has 0 saturated heterocycles. The summed E-state index contributed by atoms with van der Waals surface area (Å²) in [6.07, 6.45) is 0.615. The average Bonchev–Trinajstić information content (AvgIpc) is 1.59. The first-order valence-electron chi connectivity index (χ1n) is 1.91. The normalized spacial score (nSPS) is 12.3. The number of halogens is 3. The molecule has 52 valence electrons. The van der Waals surface area contributed by atoms with Crippen molar-refractivity contribution in [3.63, 3.8) is 0 Å². The predicted octanol–water partition coefficient (Wildman–Crippen LogP) is 1.61. The third kappa shape index (κ3) is 7.55. The van der Waals surface area contributed by atoms with Gasteiger partial charge in [-0.05, 0) is 15.9 Å². The van der Waals surface area contributed by atoms with Gasteiger partial charge in [0.2, 0.25) is 0 Å². The van der Waals surface area contributed by atoms with E-state index in [1.807, 2.05) is 15.9 Å². The van der Waals surface area contributed by atoms with Crippen LogP contribution in [-0.4, -0.2) is 15.9 Å². The van der Waals surface area contributed by atoms with Gasteiger partial charge in [-0.1, -0.05) is 0 Å². The molecule has 1 N–H and O–H groups in total. The first-order valence-corrected chi connectivity index (χ1v) is 2.70. The maximum atomic E-state index is 11.6. The summed E-state index contributed by atoms with van der Waals surface area (Å²) in [5.74, 6) is -1.39. The topological polar surface area (TPSA) is 37.3 Å². The Hall–Kier alpha value is -0.450. The van der Waals surface area contributed by atoms with E-state index in [1.165, 1.54) is 0 Å². The van der Waals surface area contributed by atoms with Gasteiger partial charge in [0.15, 0.2) is 0 Å². The molecule has 0 aliphatic carbocycles. The molecule has 0 unspecified atom stereocenters. The van der Waals surface area contributed by atoms with Crippen molar-refractivity contribution in [3.8, 4) is 0 Å². The number of alkyl halides is 3. The van der Waals surface area contributed by atoms with Crippen molar-refractivity contribution in [1.29, 1.82) is 0 Å². The van der Waals surface area contributed by atoms with E-state index in [0.29, 0.717) is 6.08 Å². The van der Waals surface area contributed by atoms with E-state index in [4.69, 9.17) is 5.11 Å². The van der Waals surface area contributed by atoms with Gasteiger partial charge in [-0.2, -0.15) is 8.78 Å². The van der Waals surface area contributed by atoms with Crippen molar-refractivity contribution < 1.29 is 18.7 Å². The van der Waals surface area contributed by atoms with Gasteiger partial charge in [0, 0.05) is 12.2 Å². The molecule has 5 heteroatoms. The molecular formula is C4H3BrF2O2. The van der Waals surface area contributed by atoms with Crippen molar-refractivity contribution in [1.82, 2.24) is 0 Å². The summed E-state index contributed by atoms with van der Waals surface area (Å²) in [7, 11) is 0. The van der Waals surface area contributed by atoms with Gasteiger partial charge in [-0.3, -0.25) is 0 Å². The Kier molecular flexibility index (Phi) is 2.76. The summed E-state index contributed by atoms with van der Waals surface area (Å²) >= 11 is 1.92. The van der Waals surface area contributed by atoms with Crippen LogP contribution in [0.2, 0.25) is 0 Å². The van der Waals surface area contributed by atoms with Crippen molar-refractivity contribution in [2.24, 2.45) is 0 Å². The number of hydrogen-bond acceptors (Lipinski definition) is 1. The number of aliphatic carboxylic acids is 1. The van der Waals surface area contributed by atoms with Crippen LogP contribution in [0.1, 0.15) is 0 Å². The third-order valence-electron chi connectivity index (χ3n) is 0.415. The molecule has 9 heavy (non-hydrogen) atoms. The predicted molar refractivity (Wildman–Crippen MR) is 30.6 cm³/mol. The molecule has 0 amide bonds. The molecule has 0 atom stereocenters. The highest BCUT2D eigenvalue weighted by atomic mass is 79.9. The molecule has 0 aliphatic heterocycles. The summed E-state index contributed by atoms with van der Waals surface area (Å²) in [6.45, 7) is 0. The first-order chi connectivity index (χ1) is 3.92. The SMILES string of the molecule is O=C(O)C=CC(F)(F)Br. The number of allylic oxidation sites excluding steroid dienone is 1. The van der Waals surface area contributed by atoms with E-state index in [0.717, 1.165) is 0 Å². The Bertz CT molecular complexity index is 138. The quantitative estimate of drug-likeness (QED) is 0.544. The molecule has 0 rings (SSSR count). The summed E-state index contributed by atoms with van der Waals surface area (Å²) < 4.78 is 23.3. The number of carboxylic acids is 1. The van der Waals surface area contributed by atoms with E-state index < -0.39 is 10.8 Å². The van der Waals surface area contributed by atoms with Gasteiger partial charge >= 0.3 is 10.8 Å². The van der Waals surface area contributed by atoms with Crippen molar-refractivity contribution in [3.05, 3.63) is 12.2 Å². The Morgan fingerprint density at radius 2 is 2.11 bits per heavy atom. The Balaban J connectivity index is 3.86. The van der Waals surface area contributed by atoms with E-state index in [-0.39, 0.29) is 6.08 Å². The van der Waals surface area contributed by atoms with Crippen LogP contribution in [0.5, 0.6) is 0 Å². The van der Waals surface area contributed by atoms with E-state index in [1.54, 1.807) is 0 Å². The molecule has 0 aromatic rings. The maximum Gasteiger partial charge on any atom is 0.328 e.